The second-order valence-corrected chi connectivity index (χ2v) is 20.9. The summed E-state index contributed by atoms with van der Waals surface area (Å²) in [6.07, 6.45) is 0.000173. The molecule has 0 radical (unpaired) electrons. The number of rotatable bonds is 36. The van der Waals surface area contributed by atoms with E-state index in [0.29, 0.717) is 29.5 Å². The first-order valence-electron chi connectivity index (χ1n) is 23.2. The number of hydrogen-bond acceptors (Lipinski definition) is 18. The summed E-state index contributed by atoms with van der Waals surface area (Å²) in [6.45, 7) is 3.88. The topological polar surface area (TPSA) is 442 Å². The van der Waals surface area contributed by atoms with Crippen molar-refractivity contribution in [2.24, 2.45) is 17.4 Å². The van der Waals surface area contributed by atoms with E-state index in [9.17, 15) is 76.8 Å². The average Bonchev–Trinajstić information content (AvgIpc) is 3.31. The lowest BCUT2D eigenvalue weighted by Crippen LogP contribution is -2.60. The lowest BCUT2D eigenvalue weighted by atomic mass is 9.99. The quantitative estimate of drug-likeness (QED) is 0.0243. The third-order valence-electron chi connectivity index (χ3n) is 10.6. The summed E-state index contributed by atoms with van der Waals surface area (Å²) < 4.78 is 31.0. The molecule has 0 fully saturated rings. The molecule has 0 saturated carbocycles. The number of carbonyl (C=O) groups is 10. The van der Waals surface area contributed by atoms with Gasteiger partial charge in [0, 0.05) is 25.0 Å². The Morgan fingerprint density at radius 1 is 0.616 bits per heavy atom. The normalized spacial score (nSPS) is 14.6. The lowest BCUT2D eigenvalue weighted by Gasteiger charge is -2.28. The van der Waals surface area contributed by atoms with Gasteiger partial charge in [0.2, 0.25) is 46.5 Å². The number of aliphatic hydroxyl groups excluding tert-OH is 1. The molecule has 0 aliphatic heterocycles. The maximum atomic E-state index is 14.3. The molecule has 0 saturated heterocycles. The summed E-state index contributed by atoms with van der Waals surface area (Å²) in [5.74, 6) is -10.5. The van der Waals surface area contributed by atoms with Gasteiger partial charge in [0.25, 0.3) is 10.1 Å². The highest BCUT2D eigenvalue weighted by molar-refractivity contribution is 8.14. The Hall–Kier alpha value is -5.59. The average molecular weight is 1090 g/mol. The second-order valence-electron chi connectivity index (χ2n) is 17.3. The smallest absolute Gasteiger partial charge is 0.303 e. The van der Waals surface area contributed by atoms with Gasteiger partial charge in [-0.3, -0.25) is 52.5 Å². The Balaban J connectivity index is 3.53. The monoisotopic (exact) mass is 1090 g/mol. The van der Waals surface area contributed by atoms with Gasteiger partial charge in [-0.25, -0.2) is 0 Å². The minimum Gasteiger partial charge on any atom is -0.508 e. The molecule has 1 rings (SSSR count). The van der Waals surface area contributed by atoms with Crippen molar-refractivity contribution >= 4 is 92.0 Å². The van der Waals surface area contributed by atoms with Crippen molar-refractivity contribution in [3.63, 3.8) is 0 Å². The van der Waals surface area contributed by atoms with Gasteiger partial charge in [-0.2, -0.15) is 20.2 Å². The van der Waals surface area contributed by atoms with Crippen molar-refractivity contribution in [3.8, 4) is 5.75 Å². The SMILES string of the molecule is CSCC[C@H](N)C(=O)N[C@@H](CCC(=O)O)C(=O)N[C@@H](CCC(=O)O)C(=O)N[C@@H](CC(C)C)C(=O)N[C@@H](Cc1ccc(O)cc1)C(=O)N[C@@H](CCCCN)C(=O)N[C@@H](CO)C(=O)N[C@@H](C)C(=O)SCCS(=O)(=O)O. The Bertz CT molecular complexity index is 2140. The second kappa shape index (κ2) is 34.0. The number of aliphatic hydroxyl groups is 1. The first-order chi connectivity index (χ1) is 34.2. The molecule has 29 heteroatoms. The maximum absolute atomic E-state index is 14.3. The van der Waals surface area contributed by atoms with Gasteiger partial charge in [-0.1, -0.05) is 37.7 Å². The fourth-order valence-corrected chi connectivity index (χ4v) is 8.75. The molecular weight excluding hydrogens is 1020 g/mol. The van der Waals surface area contributed by atoms with E-state index in [1.807, 2.05) is 0 Å². The van der Waals surface area contributed by atoms with Crippen LogP contribution in [0.25, 0.3) is 0 Å². The number of phenols is 1. The molecule has 0 aromatic heterocycles. The third-order valence-corrected chi connectivity index (χ3v) is 13.2. The highest BCUT2D eigenvalue weighted by Crippen LogP contribution is 2.15. The van der Waals surface area contributed by atoms with Crippen LogP contribution in [0.15, 0.2) is 24.3 Å². The minimum atomic E-state index is -4.36. The molecule has 0 unspecified atom stereocenters. The maximum Gasteiger partial charge on any atom is 0.303 e. The molecule has 73 heavy (non-hydrogen) atoms. The van der Waals surface area contributed by atoms with Crippen LogP contribution in [0.4, 0.5) is 0 Å². The van der Waals surface area contributed by atoms with Crippen LogP contribution in [-0.4, -0.2) is 177 Å². The predicted octanol–water partition coefficient (Wildman–Crippen LogP) is -2.53. The zero-order valence-electron chi connectivity index (χ0n) is 41.1. The molecule has 8 atom stereocenters. The molecule has 412 valence electrons. The van der Waals surface area contributed by atoms with E-state index >= 15 is 0 Å². The van der Waals surface area contributed by atoms with E-state index in [-0.39, 0.29) is 56.1 Å². The van der Waals surface area contributed by atoms with Crippen LogP contribution in [0.5, 0.6) is 5.75 Å². The van der Waals surface area contributed by atoms with Gasteiger partial charge in [0.15, 0.2) is 0 Å². The van der Waals surface area contributed by atoms with E-state index in [2.05, 4.69) is 37.2 Å². The number of carbonyl (C=O) groups excluding carboxylic acids is 8. The minimum absolute atomic E-state index is 0.0745. The zero-order chi connectivity index (χ0) is 55.4. The first kappa shape index (κ1) is 65.4. The van der Waals surface area contributed by atoms with Crippen molar-refractivity contribution in [2.45, 2.75) is 133 Å². The Labute approximate surface area is 431 Å². The van der Waals surface area contributed by atoms with Gasteiger partial charge in [0.05, 0.1) is 24.4 Å². The van der Waals surface area contributed by atoms with Crippen LogP contribution in [0.1, 0.15) is 84.1 Å². The summed E-state index contributed by atoms with van der Waals surface area (Å²) in [5, 5.41) is 55.2. The lowest BCUT2D eigenvalue weighted by molar-refractivity contribution is -0.140. The largest absolute Gasteiger partial charge is 0.508 e. The van der Waals surface area contributed by atoms with Crippen LogP contribution in [0.3, 0.4) is 0 Å². The van der Waals surface area contributed by atoms with Gasteiger partial charge in [0.1, 0.15) is 42.0 Å². The van der Waals surface area contributed by atoms with Crippen molar-refractivity contribution in [2.75, 3.05) is 36.7 Å². The molecule has 0 aliphatic rings. The number of carboxylic acid groups (broad SMARTS) is 2. The fourth-order valence-electron chi connectivity index (χ4n) is 6.57. The summed E-state index contributed by atoms with van der Waals surface area (Å²) in [7, 11) is -4.36. The number of unbranched alkanes of at least 4 members (excludes halogenated alkanes) is 1. The Morgan fingerprint density at radius 3 is 1.55 bits per heavy atom. The number of phenolic OH excluding ortho intramolecular Hbond substituents is 1. The third kappa shape index (κ3) is 27.3. The zero-order valence-corrected chi connectivity index (χ0v) is 43.6. The highest BCUT2D eigenvalue weighted by Gasteiger charge is 2.35. The first-order valence-corrected chi connectivity index (χ1v) is 27.2. The number of nitrogens with one attached hydrogen (secondary N) is 7. The molecule has 0 aliphatic carbocycles. The van der Waals surface area contributed by atoms with E-state index < -0.39 is 155 Å². The number of amides is 7. The highest BCUT2D eigenvalue weighted by atomic mass is 32.2. The van der Waals surface area contributed by atoms with E-state index in [1.54, 1.807) is 20.1 Å². The Kier molecular flexibility index (Phi) is 30.5. The number of aromatic hydroxyl groups is 1. The molecule has 0 heterocycles. The van der Waals surface area contributed by atoms with Gasteiger partial charge in [-0.05, 0) is 94.0 Å². The molecule has 7 amide bonds. The van der Waals surface area contributed by atoms with Crippen molar-refractivity contribution in [1.82, 2.24) is 37.2 Å². The predicted molar refractivity (Wildman–Crippen MR) is 269 cm³/mol. The number of carboxylic acids is 2. The van der Waals surface area contributed by atoms with Gasteiger partial charge < -0.3 is 69.1 Å². The van der Waals surface area contributed by atoms with Crippen LogP contribution in [-0.2, 0) is 64.5 Å². The van der Waals surface area contributed by atoms with Crippen LogP contribution < -0.4 is 48.7 Å². The van der Waals surface area contributed by atoms with Gasteiger partial charge >= 0.3 is 11.9 Å². The van der Waals surface area contributed by atoms with E-state index in [4.69, 9.17) is 16.0 Å². The summed E-state index contributed by atoms with van der Waals surface area (Å²) >= 11 is 1.92. The van der Waals surface area contributed by atoms with E-state index in [0.717, 1.165) is 0 Å². The van der Waals surface area contributed by atoms with Crippen molar-refractivity contribution in [1.29, 1.82) is 0 Å². The Morgan fingerprint density at radius 2 is 1.07 bits per heavy atom. The van der Waals surface area contributed by atoms with Gasteiger partial charge in [-0.15, -0.1) is 0 Å². The van der Waals surface area contributed by atoms with Crippen LogP contribution in [0.2, 0.25) is 0 Å². The molecule has 1 aromatic carbocycles. The van der Waals surface area contributed by atoms with E-state index in [1.165, 1.54) is 43.0 Å². The van der Waals surface area contributed by atoms with Crippen molar-refractivity contribution < 1.29 is 81.3 Å². The molecule has 26 nitrogen and oxygen atoms in total. The number of benzene rings is 1. The number of aliphatic carboxylic acids is 2. The number of thioether (sulfide) groups is 2. The van der Waals surface area contributed by atoms with Crippen LogP contribution >= 0.6 is 23.5 Å². The summed E-state index contributed by atoms with van der Waals surface area (Å²) in [6, 6.07) is -6.07. The molecule has 1 aromatic rings. The molecule has 0 spiro atoms. The fraction of sp³-hybridized carbons (Fsp3) is 0.636. The molecular formula is C44H71N9O17S3. The molecule has 16 N–H and O–H groups in total. The van der Waals surface area contributed by atoms with Crippen LogP contribution in [0, 0.1) is 5.92 Å². The number of nitrogens with two attached hydrogens (primary N) is 2. The standard InChI is InChI=1S/C44H71N9O17S3/c1-24(2)21-32(51-40(63)31(13-15-36(58)59)50-39(62)30(12-14-35(56)57)48-37(60)28(46)16-18-71-4)41(64)52-33(22-26-8-10-27(55)11-9-26)42(65)49-29(7-5-6-17-45)38(61)53-34(23-54)43(66)47-25(3)44(67)72-19-20-73(68,69)70/h8-11,24-25,28-34,54-55H,5-7,12-23,45-46H2,1-4H3,(H,47,66)(H,48,60)(H,49,65)(H,50,62)(H,51,63)(H,52,64)(H,53,61)(H,56,57)(H,58,59)(H,68,69,70)/t25-,28-,29-,30-,31-,32-,33-,34-/m0/s1. The summed E-state index contributed by atoms with van der Waals surface area (Å²) in [4.78, 5) is 131. The number of hydrogen-bond donors (Lipinski definition) is 14. The molecule has 0 bridgehead atoms. The van der Waals surface area contributed by atoms with Crippen molar-refractivity contribution in [3.05, 3.63) is 29.8 Å². The summed E-state index contributed by atoms with van der Waals surface area (Å²) in [5.41, 5.74) is 12.0.